The van der Waals surface area contributed by atoms with Gasteiger partial charge in [0.05, 0.1) is 6.54 Å². The molecule has 0 saturated carbocycles. The first-order valence-corrected chi connectivity index (χ1v) is 7.71. The van der Waals surface area contributed by atoms with Gasteiger partial charge in [-0.25, -0.2) is 0 Å². The number of nitrogens with zero attached hydrogens (tertiary/aromatic N) is 1. The molecule has 1 unspecified atom stereocenters. The number of aryl methyl sites for hydroxylation is 1. The summed E-state index contributed by atoms with van der Waals surface area (Å²) in [6.07, 6.45) is 1.99. The zero-order valence-corrected chi connectivity index (χ0v) is 12.5. The van der Waals surface area contributed by atoms with Crippen LogP contribution in [0.4, 0.5) is 0 Å². The van der Waals surface area contributed by atoms with Gasteiger partial charge in [-0.15, -0.1) is 11.3 Å². The molecule has 1 amide bonds. The average molecular weight is 282 g/mol. The van der Waals surface area contributed by atoms with Crippen molar-refractivity contribution in [3.8, 4) is 0 Å². The van der Waals surface area contributed by atoms with Gasteiger partial charge >= 0.3 is 0 Å². The van der Waals surface area contributed by atoms with Gasteiger partial charge in [-0.3, -0.25) is 10.1 Å². The Morgan fingerprint density at radius 2 is 2.32 bits per heavy atom. The molecule has 1 atom stereocenters. The molecule has 2 rings (SSSR count). The summed E-state index contributed by atoms with van der Waals surface area (Å²) >= 11 is 1.75. The topological polar surface area (TPSA) is 41.6 Å². The molecule has 5 heteroatoms. The molecular formula is C14H22N2O2S. The first kappa shape index (κ1) is 14.5. The summed E-state index contributed by atoms with van der Waals surface area (Å²) in [7, 11) is 0. The minimum Gasteiger partial charge on any atom is -0.381 e. The molecule has 1 aromatic rings. The van der Waals surface area contributed by atoms with Crippen LogP contribution in [-0.2, 0) is 9.53 Å². The highest BCUT2D eigenvalue weighted by Crippen LogP contribution is 2.28. The Bertz CT molecular complexity index is 419. The van der Waals surface area contributed by atoms with Crippen LogP contribution >= 0.6 is 11.3 Å². The Hall–Kier alpha value is -0.910. The number of rotatable bonds is 7. The number of ether oxygens (including phenoxy) is 1. The van der Waals surface area contributed by atoms with Gasteiger partial charge in [0, 0.05) is 29.5 Å². The van der Waals surface area contributed by atoms with Crippen molar-refractivity contribution in [2.75, 3.05) is 26.3 Å². The Morgan fingerprint density at radius 1 is 1.47 bits per heavy atom. The van der Waals surface area contributed by atoms with Crippen LogP contribution in [0.3, 0.4) is 0 Å². The fraction of sp³-hybridized carbons (Fsp3) is 0.643. The Kier molecular flexibility index (Phi) is 5.36. The predicted molar refractivity (Wildman–Crippen MR) is 77.2 cm³/mol. The molecule has 0 bridgehead atoms. The maximum Gasteiger partial charge on any atom is 0.238 e. The van der Waals surface area contributed by atoms with Crippen LogP contribution in [0.2, 0.25) is 0 Å². The van der Waals surface area contributed by atoms with E-state index in [2.05, 4.69) is 31.3 Å². The summed E-state index contributed by atoms with van der Waals surface area (Å²) < 4.78 is 5.47. The van der Waals surface area contributed by atoms with E-state index in [0.29, 0.717) is 6.54 Å². The van der Waals surface area contributed by atoms with E-state index in [0.717, 1.165) is 32.6 Å². The number of nitrogens with one attached hydrogen (secondary N) is 1. The number of carbonyl (C=O) groups excluding carboxylic acids is 1. The molecule has 1 aromatic heterocycles. The van der Waals surface area contributed by atoms with Crippen LogP contribution in [0, 0.1) is 6.92 Å². The Balaban J connectivity index is 1.87. The SMILES string of the molecule is CCCOCCCN1C(=O)CNC1c1ccc(C)s1. The van der Waals surface area contributed by atoms with Crippen LogP contribution in [0.1, 0.15) is 35.7 Å². The summed E-state index contributed by atoms with van der Waals surface area (Å²) in [4.78, 5) is 16.3. The molecule has 1 saturated heterocycles. The molecule has 1 aliphatic rings. The number of hydrogen-bond acceptors (Lipinski definition) is 4. The third-order valence-electron chi connectivity index (χ3n) is 3.15. The second-order valence-corrected chi connectivity index (χ2v) is 6.10. The number of hydrogen-bond donors (Lipinski definition) is 1. The van der Waals surface area contributed by atoms with Crippen molar-refractivity contribution in [1.29, 1.82) is 0 Å². The first-order valence-electron chi connectivity index (χ1n) is 6.89. The lowest BCUT2D eigenvalue weighted by atomic mass is 10.3. The molecule has 1 N–H and O–H groups in total. The van der Waals surface area contributed by atoms with E-state index < -0.39 is 0 Å². The summed E-state index contributed by atoms with van der Waals surface area (Å²) in [5.74, 6) is 0.187. The first-order chi connectivity index (χ1) is 9.22. The zero-order valence-electron chi connectivity index (χ0n) is 11.6. The van der Waals surface area contributed by atoms with Crippen molar-refractivity contribution in [1.82, 2.24) is 10.2 Å². The lowest BCUT2D eigenvalue weighted by Gasteiger charge is -2.23. The minimum absolute atomic E-state index is 0.0531. The quantitative estimate of drug-likeness (QED) is 0.780. The summed E-state index contributed by atoms with van der Waals surface area (Å²) in [5, 5.41) is 3.28. The third-order valence-corrected chi connectivity index (χ3v) is 4.20. The van der Waals surface area contributed by atoms with E-state index in [4.69, 9.17) is 4.74 Å². The number of thiophene rings is 1. The van der Waals surface area contributed by atoms with Gasteiger partial charge in [0.25, 0.3) is 0 Å². The van der Waals surface area contributed by atoms with Gasteiger partial charge in [-0.1, -0.05) is 6.92 Å². The largest absolute Gasteiger partial charge is 0.381 e. The van der Waals surface area contributed by atoms with Gasteiger partial charge in [-0.2, -0.15) is 0 Å². The number of carbonyl (C=O) groups is 1. The maximum absolute atomic E-state index is 11.9. The Labute approximate surface area is 118 Å². The Morgan fingerprint density at radius 3 is 3.00 bits per heavy atom. The molecule has 2 heterocycles. The van der Waals surface area contributed by atoms with Crippen molar-refractivity contribution in [2.45, 2.75) is 32.9 Å². The predicted octanol–water partition coefficient (Wildman–Crippen LogP) is 2.30. The van der Waals surface area contributed by atoms with Gasteiger partial charge < -0.3 is 9.64 Å². The summed E-state index contributed by atoms with van der Waals surface area (Å²) in [5.41, 5.74) is 0. The highest BCUT2D eigenvalue weighted by Gasteiger charge is 2.31. The number of amides is 1. The van der Waals surface area contributed by atoms with Crippen LogP contribution in [0.25, 0.3) is 0 Å². The van der Waals surface area contributed by atoms with Gasteiger partial charge in [-0.05, 0) is 31.9 Å². The van der Waals surface area contributed by atoms with Crippen LogP contribution in [-0.4, -0.2) is 37.1 Å². The van der Waals surface area contributed by atoms with E-state index in [1.165, 1.54) is 9.75 Å². The second kappa shape index (κ2) is 7.03. The van der Waals surface area contributed by atoms with Gasteiger partial charge in [0.1, 0.15) is 6.17 Å². The highest BCUT2D eigenvalue weighted by atomic mass is 32.1. The van der Waals surface area contributed by atoms with Crippen molar-refractivity contribution in [2.24, 2.45) is 0 Å². The summed E-state index contributed by atoms with van der Waals surface area (Å²) in [6, 6.07) is 4.21. The van der Waals surface area contributed by atoms with E-state index in [1.807, 2.05) is 4.90 Å². The maximum atomic E-state index is 11.9. The molecule has 4 nitrogen and oxygen atoms in total. The normalized spacial score (nSPS) is 19.4. The van der Waals surface area contributed by atoms with Crippen molar-refractivity contribution in [3.05, 3.63) is 21.9 Å². The van der Waals surface area contributed by atoms with Crippen LogP contribution in [0.5, 0.6) is 0 Å². The third kappa shape index (κ3) is 3.78. The smallest absolute Gasteiger partial charge is 0.238 e. The molecule has 0 radical (unpaired) electrons. The summed E-state index contributed by atoms with van der Waals surface area (Å²) in [6.45, 7) is 6.93. The van der Waals surface area contributed by atoms with Gasteiger partial charge in [0.15, 0.2) is 0 Å². The molecule has 0 aliphatic carbocycles. The molecule has 19 heavy (non-hydrogen) atoms. The fourth-order valence-corrected chi connectivity index (χ4v) is 3.20. The van der Waals surface area contributed by atoms with E-state index in [-0.39, 0.29) is 12.1 Å². The minimum atomic E-state index is 0.0531. The van der Waals surface area contributed by atoms with Crippen LogP contribution < -0.4 is 5.32 Å². The highest BCUT2D eigenvalue weighted by molar-refractivity contribution is 7.12. The zero-order chi connectivity index (χ0) is 13.7. The van der Waals surface area contributed by atoms with E-state index in [9.17, 15) is 4.79 Å². The van der Waals surface area contributed by atoms with Crippen molar-refractivity contribution in [3.63, 3.8) is 0 Å². The van der Waals surface area contributed by atoms with E-state index >= 15 is 0 Å². The van der Waals surface area contributed by atoms with Gasteiger partial charge in [0.2, 0.25) is 5.91 Å². The lowest BCUT2D eigenvalue weighted by Crippen LogP contribution is -2.31. The standard InChI is InChI=1S/C14H22N2O2S/c1-3-8-18-9-4-7-16-13(17)10-15-14(16)12-6-5-11(2)19-12/h5-6,14-15H,3-4,7-10H2,1-2H3. The molecular weight excluding hydrogens is 260 g/mol. The molecule has 0 aromatic carbocycles. The molecule has 1 aliphatic heterocycles. The molecule has 0 spiro atoms. The average Bonchev–Trinajstić information content (AvgIpc) is 2.96. The van der Waals surface area contributed by atoms with E-state index in [1.54, 1.807) is 11.3 Å². The van der Waals surface area contributed by atoms with Crippen LogP contribution in [0.15, 0.2) is 12.1 Å². The second-order valence-electron chi connectivity index (χ2n) is 4.78. The molecule has 106 valence electrons. The van der Waals surface area contributed by atoms with Crippen molar-refractivity contribution >= 4 is 17.2 Å². The monoisotopic (exact) mass is 282 g/mol. The van der Waals surface area contributed by atoms with Crippen molar-refractivity contribution < 1.29 is 9.53 Å². The molecule has 1 fully saturated rings. The lowest BCUT2D eigenvalue weighted by molar-refractivity contribution is -0.128. The fourth-order valence-electron chi connectivity index (χ4n) is 2.23.